The van der Waals surface area contributed by atoms with Gasteiger partial charge in [0, 0.05) is 9.92 Å². The van der Waals surface area contributed by atoms with Gasteiger partial charge in [-0.1, -0.05) is 11.6 Å². The predicted octanol–water partition coefficient (Wildman–Crippen LogP) is 2.00. The molecule has 0 saturated carbocycles. The third kappa shape index (κ3) is 1.91. The number of aromatic carboxylic acids is 1. The second kappa shape index (κ2) is 3.80. The Morgan fingerprint density at radius 1 is 1.58 bits per heavy atom. The van der Waals surface area contributed by atoms with E-state index in [-0.39, 0.29) is 5.56 Å². The van der Waals surface area contributed by atoms with E-state index in [9.17, 15) is 4.79 Å². The average Bonchev–Trinajstić information content (AvgIpc) is 2.04. The van der Waals surface area contributed by atoms with Gasteiger partial charge in [-0.2, -0.15) is 0 Å². The lowest BCUT2D eigenvalue weighted by molar-refractivity contribution is 0.0693. The van der Waals surface area contributed by atoms with Gasteiger partial charge in [-0.3, -0.25) is 5.14 Å². The van der Waals surface area contributed by atoms with Crippen molar-refractivity contribution < 1.29 is 9.90 Å². The third-order valence-electron chi connectivity index (χ3n) is 1.30. The Morgan fingerprint density at radius 2 is 2.25 bits per heavy atom. The minimum absolute atomic E-state index is 0.134. The van der Waals surface area contributed by atoms with Gasteiger partial charge in [-0.05, 0) is 30.1 Å². The highest BCUT2D eigenvalue weighted by Gasteiger charge is 2.09. The lowest BCUT2D eigenvalue weighted by atomic mass is 10.2. The molecular formula is C7H6ClNO2S. The first kappa shape index (κ1) is 9.38. The van der Waals surface area contributed by atoms with Crippen LogP contribution in [0.15, 0.2) is 23.1 Å². The molecule has 0 aliphatic carbocycles. The molecule has 0 saturated heterocycles. The van der Waals surface area contributed by atoms with Crippen LogP contribution < -0.4 is 5.14 Å². The first-order valence-corrected chi connectivity index (χ1v) is 4.30. The summed E-state index contributed by atoms with van der Waals surface area (Å²) in [7, 11) is 0. The van der Waals surface area contributed by atoms with Crippen molar-refractivity contribution in [3.63, 3.8) is 0 Å². The predicted molar refractivity (Wildman–Crippen MR) is 48.5 cm³/mol. The lowest BCUT2D eigenvalue weighted by Gasteiger charge is -2.01. The zero-order chi connectivity index (χ0) is 9.14. The number of carboxylic acids is 1. The summed E-state index contributed by atoms with van der Waals surface area (Å²) in [5.41, 5.74) is 0.134. The first-order valence-electron chi connectivity index (χ1n) is 3.04. The Balaban J connectivity index is 3.21. The molecule has 0 heterocycles. The van der Waals surface area contributed by atoms with E-state index >= 15 is 0 Å². The fraction of sp³-hybridized carbons (Fsp3) is 0. The summed E-state index contributed by atoms with van der Waals surface area (Å²) >= 11 is 6.50. The number of halogens is 1. The molecule has 0 aromatic heterocycles. The van der Waals surface area contributed by atoms with Crippen LogP contribution in [-0.4, -0.2) is 11.1 Å². The van der Waals surface area contributed by atoms with E-state index in [1.807, 2.05) is 0 Å². The maximum absolute atomic E-state index is 10.6. The van der Waals surface area contributed by atoms with Gasteiger partial charge in [0.15, 0.2) is 0 Å². The van der Waals surface area contributed by atoms with Gasteiger partial charge < -0.3 is 5.11 Å². The van der Waals surface area contributed by atoms with Gasteiger partial charge in [0.1, 0.15) is 0 Å². The summed E-state index contributed by atoms with van der Waals surface area (Å²) in [6.45, 7) is 0. The zero-order valence-corrected chi connectivity index (χ0v) is 7.52. The third-order valence-corrected chi connectivity index (χ3v) is 2.14. The topological polar surface area (TPSA) is 63.3 Å². The van der Waals surface area contributed by atoms with Gasteiger partial charge in [0.25, 0.3) is 0 Å². The van der Waals surface area contributed by atoms with Crippen LogP contribution in [0.1, 0.15) is 10.4 Å². The van der Waals surface area contributed by atoms with Crippen LogP contribution in [0.2, 0.25) is 5.02 Å². The van der Waals surface area contributed by atoms with Crippen molar-refractivity contribution in [2.45, 2.75) is 4.90 Å². The molecule has 0 bridgehead atoms. The molecule has 0 spiro atoms. The van der Waals surface area contributed by atoms with E-state index in [1.165, 1.54) is 6.07 Å². The highest BCUT2D eigenvalue weighted by Crippen LogP contribution is 2.21. The molecule has 3 nitrogen and oxygen atoms in total. The molecule has 1 aromatic rings. The Morgan fingerprint density at radius 3 is 2.75 bits per heavy atom. The van der Waals surface area contributed by atoms with E-state index in [0.717, 1.165) is 11.9 Å². The Bertz CT molecular complexity index is 316. The molecule has 1 rings (SSSR count). The van der Waals surface area contributed by atoms with Gasteiger partial charge in [0.05, 0.1) is 5.56 Å². The molecule has 3 N–H and O–H groups in total. The van der Waals surface area contributed by atoms with Crippen molar-refractivity contribution in [2.24, 2.45) is 5.14 Å². The van der Waals surface area contributed by atoms with Crippen LogP contribution in [0, 0.1) is 0 Å². The molecule has 0 aliphatic heterocycles. The van der Waals surface area contributed by atoms with Crippen molar-refractivity contribution >= 4 is 29.5 Å². The molecule has 5 heteroatoms. The maximum atomic E-state index is 10.6. The van der Waals surface area contributed by atoms with E-state index in [4.69, 9.17) is 21.8 Å². The summed E-state index contributed by atoms with van der Waals surface area (Å²) in [6.07, 6.45) is 0. The monoisotopic (exact) mass is 203 g/mol. The van der Waals surface area contributed by atoms with Gasteiger partial charge in [-0.25, -0.2) is 4.79 Å². The van der Waals surface area contributed by atoms with E-state index in [0.29, 0.717) is 9.92 Å². The van der Waals surface area contributed by atoms with Crippen molar-refractivity contribution in [3.05, 3.63) is 28.8 Å². The number of benzene rings is 1. The summed E-state index contributed by atoms with van der Waals surface area (Å²) in [4.78, 5) is 11.1. The number of carbonyl (C=O) groups is 1. The molecule has 0 unspecified atom stereocenters. The largest absolute Gasteiger partial charge is 0.478 e. The summed E-state index contributed by atoms with van der Waals surface area (Å²) in [5.74, 6) is -1.02. The summed E-state index contributed by atoms with van der Waals surface area (Å²) in [5, 5.41) is 14.3. The Hall–Kier alpha value is -0.710. The first-order chi connectivity index (χ1) is 5.65. The minimum Gasteiger partial charge on any atom is -0.478 e. The van der Waals surface area contributed by atoms with E-state index in [1.54, 1.807) is 12.1 Å². The number of hydrogen-bond acceptors (Lipinski definition) is 3. The zero-order valence-electron chi connectivity index (χ0n) is 5.95. The highest BCUT2D eigenvalue weighted by molar-refractivity contribution is 7.97. The molecule has 0 atom stereocenters. The van der Waals surface area contributed by atoms with Crippen LogP contribution in [0.25, 0.3) is 0 Å². The molecule has 0 aliphatic rings. The molecule has 0 fully saturated rings. The second-order valence-corrected chi connectivity index (χ2v) is 3.18. The van der Waals surface area contributed by atoms with Gasteiger partial charge >= 0.3 is 5.97 Å². The van der Waals surface area contributed by atoms with Crippen LogP contribution in [0.5, 0.6) is 0 Å². The van der Waals surface area contributed by atoms with E-state index < -0.39 is 5.97 Å². The van der Waals surface area contributed by atoms with Crippen molar-refractivity contribution in [2.75, 3.05) is 0 Å². The number of nitrogens with two attached hydrogens (primary N) is 1. The maximum Gasteiger partial charge on any atom is 0.336 e. The molecule has 12 heavy (non-hydrogen) atoms. The van der Waals surface area contributed by atoms with Crippen LogP contribution in [-0.2, 0) is 0 Å². The molecular weight excluding hydrogens is 198 g/mol. The van der Waals surface area contributed by atoms with Gasteiger partial charge in [0.2, 0.25) is 0 Å². The summed E-state index contributed by atoms with van der Waals surface area (Å²) in [6, 6.07) is 4.55. The quantitative estimate of drug-likeness (QED) is 0.722. The Labute approximate surface area is 78.7 Å². The SMILES string of the molecule is NSc1ccc(Cl)cc1C(=O)O. The lowest BCUT2D eigenvalue weighted by Crippen LogP contribution is -1.99. The fourth-order valence-electron chi connectivity index (χ4n) is 0.772. The van der Waals surface area contributed by atoms with Crippen molar-refractivity contribution in [3.8, 4) is 0 Å². The smallest absolute Gasteiger partial charge is 0.336 e. The average molecular weight is 204 g/mol. The van der Waals surface area contributed by atoms with Crippen molar-refractivity contribution in [1.29, 1.82) is 0 Å². The number of carboxylic acid groups (broad SMARTS) is 1. The second-order valence-electron chi connectivity index (χ2n) is 2.06. The van der Waals surface area contributed by atoms with E-state index in [2.05, 4.69) is 0 Å². The fourth-order valence-corrected chi connectivity index (χ4v) is 1.36. The Kier molecular flexibility index (Phi) is 2.97. The molecule has 1 aromatic carbocycles. The molecule has 0 radical (unpaired) electrons. The number of rotatable bonds is 2. The highest BCUT2D eigenvalue weighted by atomic mass is 35.5. The van der Waals surface area contributed by atoms with Crippen LogP contribution in [0.4, 0.5) is 0 Å². The standard InChI is InChI=1S/C7H6ClNO2S/c8-4-1-2-6(12-9)5(3-4)7(10)11/h1-3H,9H2,(H,10,11). The van der Waals surface area contributed by atoms with Gasteiger partial charge in [-0.15, -0.1) is 0 Å². The number of hydrogen-bond donors (Lipinski definition) is 2. The minimum atomic E-state index is -1.02. The molecule has 64 valence electrons. The van der Waals surface area contributed by atoms with Crippen molar-refractivity contribution in [1.82, 2.24) is 0 Å². The normalized spacial score (nSPS) is 9.83. The molecule has 0 amide bonds. The van der Waals surface area contributed by atoms with Crippen LogP contribution >= 0.6 is 23.5 Å². The van der Waals surface area contributed by atoms with Crippen LogP contribution in [0.3, 0.4) is 0 Å². The summed E-state index contributed by atoms with van der Waals surface area (Å²) < 4.78 is 0.